The number of ether oxygens (including phenoxy) is 2. The van der Waals surface area contributed by atoms with E-state index < -0.39 is 5.60 Å². The fourth-order valence-electron chi connectivity index (χ4n) is 5.50. The monoisotopic (exact) mass is 553 g/mol. The SMILES string of the molecule is COCCCN1C(=O)C(C)(C)Oc2ccc(N(C(=O)[C@H]3CNC[C@@H](C(=O)NCc4cc(C)on4)C3)C3CC3)cc21. The molecule has 11 nitrogen and oxygen atoms in total. The van der Waals surface area contributed by atoms with Crippen LogP contribution in [0.2, 0.25) is 0 Å². The van der Waals surface area contributed by atoms with Crippen LogP contribution >= 0.6 is 0 Å². The third-order valence-electron chi connectivity index (χ3n) is 7.71. The Morgan fingerprint density at radius 1 is 1.23 bits per heavy atom. The van der Waals surface area contributed by atoms with E-state index in [0.29, 0.717) is 62.0 Å². The van der Waals surface area contributed by atoms with Crippen LogP contribution in [0.25, 0.3) is 0 Å². The second kappa shape index (κ2) is 11.6. The van der Waals surface area contributed by atoms with Gasteiger partial charge in [-0.2, -0.15) is 0 Å². The molecule has 1 aliphatic carbocycles. The molecule has 5 rings (SSSR count). The predicted octanol–water partition coefficient (Wildman–Crippen LogP) is 2.56. The molecule has 3 heterocycles. The first-order valence-electron chi connectivity index (χ1n) is 14.1. The highest BCUT2D eigenvalue weighted by molar-refractivity contribution is 6.04. The van der Waals surface area contributed by atoms with Crippen LogP contribution in [0.5, 0.6) is 5.75 Å². The Kier molecular flexibility index (Phi) is 8.14. The van der Waals surface area contributed by atoms with Crippen molar-refractivity contribution < 1.29 is 28.4 Å². The molecule has 2 fully saturated rings. The topological polar surface area (TPSA) is 126 Å². The highest BCUT2D eigenvalue weighted by atomic mass is 16.5. The Morgan fingerprint density at radius 3 is 2.70 bits per heavy atom. The molecule has 2 atom stereocenters. The molecule has 1 aromatic heterocycles. The Balaban J connectivity index is 1.32. The predicted molar refractivity (Wildman–Crippen MR) is 148 cm³/mol. The third kappa shape index (κ3) is 6.00. The van der Waals surface area contributed by atoms with E-state index in [9.17, 15) is 14.4 Å². The zero-order valence-electron chi connectivity index (χ0n) is 23.7. The summed E-state index contributed by atoms with van der Waals surface area (Å²) in [6.07, 6.45) is 2.98. The molecule has 3 amide bonds. The van der Waals surface area contributed by atoms with E-state index in [1.54, 1.807) is 38.8 Å². The average Bonchev–Trinajstić information content (AvgIpc) is 3.69. The zero-order chi connectivity index (χ0) is 28.4. The van der Waals surface area contributed by atoms with Crippen molar-refractivity contribution in [2.24, 2.45) is 11.8 Å². The highest BCUT2D eigenvalue weighted by Gasteiger charge is 2.43. The number of aryl methyl sites for hydroxylation is 1. The molecule has 0 unspecified atom stereocenters. The van der Waals surface area contributed by atoms with Gasteiger partial charge >= 0.3 is 0 Å². The molecule has 216 valence electrons. The first-order chi connectivity index (χ1) is 19.2. The number of methoxy groups -OCH3 is 1. The Bertz CT molecular complexity index is 1260. The lowest BCUT2D eigenvalue weighted by Crippen LogP contribution is -2.53. The number of hydrogen-bond acceptors (Lipinski definition) is 8. The minimum atomic E-state index is -0.983. The molecule has 0 spiro atoms. The summed E-state index contributed by atoms with van der Waals surface area (Å²) in [6, 6.07) is 7.54. The zero-order valence-corrected chi connectivity index (χ0v) is 23.7. The summed E-state index contributed by atoms with van der Waals surface area (Å²) >= 11 is 0. The number of anilines is 2. The lowest BCUT2D eigenvalue weighted by molar-refractivity contribution is -0.132. The maximum Gasteiger partial charge on any atom is 0.270 e. The van der Waals surface area contributed by atoms with Crippen molar-refractivity contribution in [1.82, 2.24) is 15.8 Å². The second-order valence-corrected chi connectivity index (χ2v) is 11.4. The number of benzene rings is 1. The molecule has 40 heavy (non-hydrogen) atoms. The van der Waals surface area contributed by atoms with E-state index in [0.717, 1.165) is 18.5 Å². The van der Waals surface area contributed by atoms with Gasteiger partial charge in [-0.3, -0.25) is 14.4 Å². The van der Waals surface area contributed by atoms with Gasteiger partial charge in [0.05, 0.1) is 24.1 Å². The molecule has 1 aromatic carbocycles. The number of rotatable bonds is 10. The Labute approximate surface area is 234 Å². The van der Waals surface area contributed by atoms with E-state index in [1.807, 2.05) is 23.1 Å². The van der Waals surface area contributed by atoms with Gasteiger partial charge in [-0.25, -0.2) is 0 Å². The summed E-state index contributed by atoms with van der Waals surface area (Å²) in [7, 11) is 1.64. The average molecular weight is 554 g/mol. The van der Waals surface area contributed by atoms with Gasteiger partial charge in [0.1, 0.15) is 17.2 Å². The fraction of sp³-hybridized carbons (Fsp3) is 0.586. The van der Waals surface area contributed by atoms with Gasteiger partial charge in [0.15, 0.2) is 5.60 Å². The second-order valence-electron chi connectivity index (χ2n) is 11.4. The van der Waals surface area contributed by atoms with Crippen LogP contribution in [-0.2, 0) is 25.7 Å². The van der Waals surface area contributed by atoms with E-state index in [-0.39, 0.29) is 42.1 Å². The summed E-state index contributed by atoms with van der Waals surface area (Å²) in [5.41, 5.74) is 1.09. The first kappa shape index (κ1) is 28.1. The van der Waals surface area contributed by atoms with Gasteiger partial charge < -0.3 is 34.4 Å². The number of hydrogen-bond donors (Lipinski definition) is 2. The van der Waals surface area contributed by atoms with Crippen molar-refractivity contribution >= 4 is 29.1 Å². The number of piperidine rings is 1. The van der Waals surface area contributed by atoms with Crippen LogP contribution in [0.3, 0.4) is 0 Å². The number of fused-ring (bicyclic) bond motifs is 1. The lowest BCUT2D eigenvalue weighted by atomic mass is 9.88. The van der Waals surface area contributed by atoms with Crippen LogP contribution in [0.4, 0.5) is 11.4 Å². The molecule has 11 heteroatoms. The maximum atomic E-state index is 14.0. The quantitative estimate of drug-likeness (QED) is 0.430. The van der Waals surface area contributed by atoms with Crippen LogP contribution in [0.1, 0.15) is 51.0 Å². The number of amides is 3. The van der Waals surface area contributed by atoms with Crippen molar-refractivity contribution in [2.45, 2.75) is 64.6 Å². The van der Waals surface area contributed by atoms with Crippen molar-refractivity contribution in [3.05, 3.63) is 35.7 Å². The molecule has 3 aliphatic rings. The van der Waals surface area contributed by atoms with Gasteiger partial charge in [-0.1, -0.05) is 5.16 Å². The number of carbonyl (C=O) groups excluding carboxylic acids is 3. The molecule has 0 bridgehead atoms. The summed E-state index contributed by atoms with van der Waals surface area (Å²) in [6.45, 7) is 7.68. The Hall–Kier alpha value is -3.44. The van der Waals surface area contributed by atoms with Gasteiger partial charge in [0.2, 0.25) is 11.8 Å². The molecule has 2 aromatic rings. The normalized spacial score (nSPS) is 21.9. The van der Waals surface area contributed by atoms with Crippen LogP contribution < -0.4 is 25.2 Å². The minimum Gasteiger partial charge on any atom is -0.476 e. The number of nitrogens with one attached hydrogen (secondary N) is 2. The number of carbonyl (C=O) groups is 3. The lowest BCUT2D eigenvalue weighted by Gasteiger charge is -2.39. The third-order valence-corrected chi connectivity index (χ3v) is 7.71. The molecular formula is C29H39N5O6. The Morgan fingerprint density at radius 2 is 2.00 bits per heavy atom. The standard InChI is InChI=1S/C29H39N5O6/c1-18-12-21(32-40-18)17-31-26(35)19-13-20(16-30-15-19)27(36)34(22-6-7-22)23-8-9-25-24(14-23)33(10-5-11-38-4)28(37)29(2,3)39-25/h8-9,12,14,19-20,22,30H,5-7,10-11,13,15-17H2,1-4H3,(H,31,35)/t19-,20+/m0/s1. The van der Waals surface area contributed by atoms with E-state index in [1.165, 1.54) is 0 Å². The van der Waals surface area contributed by atoms with Crippen molar-refractivity contribution in [2.75, 3.05) is 43.2 Å². The van der Waals surface area contributed by atoms with Gasteiger partial charge in [0.25, 0.3) is 5.91 Å². The number of nitrogens with zero attached hydrogens (tertiary/aromatic N) is 3. The van der Waals surface area contributed by atoms with Crippen LogP contribution in [0, 0.1) is 18.8 Å². The van der Waals surface area contributed by atoms with E-state index in [4.69, 9.17) is 14.0 Å². The highest BCUT2D eigenvalue weighted by Crippen LogP contribution is 2.43. The fourth-order valence-corrected chi connectivity index (χ4v) is 5.50. The van der Waals surface area contributed by atoms with Crippen LogP contribution in [-0.4, -0.2) is 67.9 Å². The first-order valence-corrected chi connectivity index (χ1v) is 14.1. The van der Waals surface area contributed by atoms with Gasteiger partial charge in [0, 0.05) is 51.1 Å². The summed E-state index contributed by atoms with van der Waals surface area (Å²) in [5.74, 6) is 0.400. The largest absolute Gasteiger partial charge is 0.476 e. The molecule has 0 radical (unpaired) electrons. The van der Waals surface area contributed by atoms with E-state index >= 15 is 0 Å². The van der Waals surface area contributed by atoms with Gasteiger partial charge in [-0.05, 0) is 64.7 Å². The maximum absolute atomic E-state index is 14.0. The molecule has 2 N–H and O–H groups in total. The van der Waals surface area contributed by atoms with Crippen LogP contribution in [0.15, 0.2) is 28.8 Å². The summed E-state index contributed by atoms with van der Waals surface area (Å²) < 4.78 is 16.3. The van der Waals surface area contributed by atoms with Crippen molar-refractivity contribution in [3.8, 4) is 5.75 Å². The molecule has 2 aliphatic heterocycles. The minimum absolute atomic E-state index is 0.00565. The molecule has 1 saturated heterocycles. The van der Waals surface area contributed by atoms with Gasteiger partial charge in [-0.15, -0.1) is 0 Å². The summed E-state index contributed by atoms with van der Waals surface area (Å²) in [4.78, 5) is 43.8. The smallest absolute Gasteiger partial charge is 0.270 e. The molecule has 1 saturated carbocycles. The summed E-state index contributed by atoms with van der Waals surface area (Å²) in [5, 5.41) is 10.1. The van der Waals surface area contributed by atoms with Crippen molar-refractivity contribution in [3.63, 3.8) is 0 Å². The van der Waals surface area contributed by atoms with E-state index in [2.05, 4.69) is 15.8 Å². The molecular weight excluding hydrogens is 514 g/mol. The van der Waals surface area contributed by atoms with Crippen molar-refractivity contribution in [1.29, 1.82) is 0 Å². The number of aromatic nitrogens is 1.